The number of rotatable bonds is 4. The van der Waals surface area contributed by atoms with Crippen LogP contribution in [0.1, 0.15) is 10.4 Å². The van der Waals surface area contributed by atoms with Crippen molar-refractivity contribution in [3.8, 4) is 0 Å². The first-order valence-corrected chi connectivity index (χ1v) is 6.31. The summed E-state index contributed by atoms with van der Waals surface area (Å²) in [5.74, 6) is -0.0856. The molecule has 2 rings (SSSR count). The summed E-state index contributed by atoms with van der Waals surface area (Å²) in [6.07, 6.45) is 0. The van der Waals surface area contributed by atoms with Crippen LogP contribution in [-0.4, -0.2) is 43.1 Å². The van der Waals surface area contributed by atoms with E-state index in [0.29, 0.717) is 23.9 Å². The van der Waals surface area contributed by atoms with E-state index in [1.54, 1.807) is 25.1 Å². The van der Waals surface area contributed by atoms with Crippen LogP contribution in [0.15, 0.2) is 30.3 Å². The Bertz CT molecular complexity index is 601. The number of pyridine rings is 1. The van der Waals surface area contributed by atoms with Crippen molar-refractivity contribution >= 4 is 28.4 Å². The summed E-state index contributed by atoms with van der Waals surface area (Å²) in [6.45, 7) is 1.03. The molecule has 4 nitrogen and oxygen atoms in total. The molecule has 1 amide bonds. The van der Waals surface area contributed by atoms with E-state index in [4.69, 9.17) is 16.3 Å². The fraction of sp³-hybridized carbons (Fsp3) is 0.286. The second-order valence-electron chi connectivity index (χ2n) is 4.23. The van der Waals surface area contributed by atoms with Crippen molar-refractivity contribution in [1.82, 2.24) is 9.88 Å². The van der Waals surface area contributed by atoms with E-state index in [-0.39, 0.29) is 5.91 Å². The highest BCUT2D eigenvalue weighted by Crippen LogP contribution is 2.21. The molecule has 0 unspecified atom stereocenters. The zero-order valence-corrected chi connectivity index (χ0v) is 11.6. The van der Waals surface area contributed by atoms with Crippen molar-refractivity contribution in [1.29, 1.82) is 0 Å². The third-order valence-electron chi connectivity index (χ3n) is 2.89. The topological polar surface area (TPSA) is 42.4 Å². The molecule has 0 radical (unpaired) electrons. The zero-order valence-electron chi connectivity index (χ0n) is 10.9. The second kappa shape index (κ2) is 5.99. The van der Waals surface area contributed by atoms with Gasteiger partial charge in [-0.2, -0.15) is 0 Å². The standard InChI is InChI=1S/C14H15ClN2O2/c1-17(7-8-19-2)14(18)11-9-13(15)16-12-6-4-3-5-10(11)12/h3-6,9H,7-8H2,1-2H3. The normalized spacial score (nSPS) is 10.7. The van der Waals surface area contributed by atoms with E-state index in [0.717, 1.165) is 10.9 Å². The summed E-state index contributed by atoms with van der Waals surface area (Å²) in [6, 6.07) is 9.07. The van der Waals surface area contributed by atoms with Crippen LogP contribution < -0.4 is 0 Å². The molecular formula is C14H15ClN2O2. The Labute approximate surface area is 116 Å². The van der Waals surface area contributed by atoms with E-state index in [9.17, 15) is 4.79 Å². The van der Waals surface area contributed by atoms with Crippen molar-refractivity contribution in [2.75, 3.05) is 27.3 Å². The highest BCUT2D eigenvalue weighted by molar-refractivity contribution is 6.30. The van der Waals surface area contributed by atoms with Crippen molar-refractivity contribution in [2.24, 2.45) is 0 Å². The number of carbonyl (C=O) groups is 1. The molecule has 5 heteroatoms. The molecule has 0 spiro atoms. The first-order chi connectivity index (χ1) is 9.13. The quantitative estimate of drug-likeness (QED) is 0.808. The summed E-state index contributed by atoms with van der Waals surface area (Å²) in [5, 5.41) is 1.13. The van der Waals surface area contributed by atoms with E-state index in [1.807, 2.05) is 24.3 Å². The number of benzene rings is 1. The van der Waals surface area contributed by atoms with Gasteiger partial charge in [0.1, 0.15) is 5.15 Å². The van der Waals surface area contributed by atoms with Crippen LogP contribution >= 0.6 is 11.6 Å². The fourth-order valence-corrected chi connectivity index (χ4v) is 2.06. The third kappa shape index (κ3) is 3.03. The number of likely N-dealkylation sites (N-methyl/N-ethyl adjacent to an activating group) is 1. The number of hydrogen-bond acceptors (Lipinski definition) is 3. The van der Waals surface area contributed by atoms with Gasteiger partial charge in [0.15, 0.2) is 0 Å². The number of aromatic nitrogens is 1. The lowest BCUT2D eigenvalue weighted by atomic mass is 10.1. The van der Waals surface area contributed by atoms with Crippen LogP contribution in [0.4, 0.5) is 0 Å². The van der Waals surface area contributed by atoms with Gasteiger partial charge in [0.2, 0.25) is 0 Å². The zero-order chi connectivity index (χ0) is 13.8. The average molecular weight is 279 g/mol. The van der Waals surface area contributed by atoms with Gasteiger partial charge >= 0.3 is 0 Å². The van der Waals surface area contributed by atoms with Crippen LogP contribution in [0.3, 0.4) is 0 Å². The molecule has 1 heterocycles. The highest BCUT2D eigenvalue weighted by atomic mass is 35.5. The smallest absolute Gasteiger partial charge is 0.254 e. The van der Waals surface area contributed by atoms with Crippen LogP contribution in [0.25, 0.3) is 10.9 Å². The summed E-state index contributed by atoms with van der Waals surface area (Å²) in [5.41, 5.74) is 1.28. The number of nitrogens with zero attached hydrogens (tertiary/aromatic N) is 2. The Kier molecular flexibility index (Phi) is 4.35. The highest BCUT2D eigenvalue weighted by Gasteiger charge is 2.16. The van der Waals surface area contributed by atoms with E-state index in [2.05, 4.69) is 4.98 Å². The lowest BCUT2D eigenvalue weighted by molar-refractivity contribution is 0.0746. The van der Waals surface area contributed by atoms with Gasteiger partial charge in [0.25, 0.3) is 5.91 Å². The molecule has 1 aromatic heterocycles. The molecule has 2 aromatic rings. The van der Waals surface area contributed by atoms with Crippen molar-refractivity contribution < 1.29 is 9.53 Å². The van der Waals surface area contributed by atoms with Gasteiger partial charge < -0.3 is 9.64 Å². The van der Waals surface area contributed by atoms with Crippen LogP contribution in [0.5, 0.6) is 0 Å². The van der Waals surface area contributed by atoms with Gasteiger partial charge in [-0.05, 0) is 12.1 Å². The van der Waals surface area contributed by atoms with Crippen LogP contribution in [-0.2, 0) is 4.74 Å². The molecule has 0 aliphatic rings. The summed E-state index contributed by atoms with van der Waals surface area (Å²) < 4.78 is 4.98. The fourth-order valence-electron chi connectivity index (χ4n) is 1.86. The van der Waals surface area contributed by atoms with E-state index < -0.39 is 0 Å². The number of hydrogen-bond donors (Lipinski definition) is 0. The minimum Gasteiger partial charge on any atom is -0.383 e. The van der Waals surface area contributed by atoms with Crippen molar-refractivity contribution in [3.63, 3.8) is 0 Å². The minimum absolute atomic E-state index is 0.0856. The molecule has 0 N–H and O–H groups in total. The monoisotopic (exact) mass is 278 g/mol. The number of para-hydroxylation sites is 1. The molecule has 0 saturated carbocycles. The van der Waals surface area contributed by atoms with Crippen molar-refractivity contribution in [2.45, 2.75) is 0 Å². The van der Waals surface area contributed by atoms with Crippen molar-refractivity contribution in [3.05, 3.63) is 41.0 Å². The molecule has 0 saturated heterocycles. The second-order valence-corrected chi connectivity index (χ2v) is 4.62. The van der Waals surface area contributed by atoms with Gasteiger partial charge in [0.05, 0.1) is 17.7 Å². The van der Waals surface area contributed by atoms with Crippen LogP contribution in [0.2, 0.25) is 5.15 Å². The van der Waals surface area contributed by atoms with Gasteiger partial charge in [-0.3, -0.25) is 4.79 Å². The lowest BCUT2D eigenvalue weighted by Gasteiger charge is -2.17. The molecule has 0 aliphatic heterocycles. The Morgan fingerprint density at radius 3 is 2.89 bits per heavy atom. The number of methoxy groups -OCH3 is 1. The summed E-state index contributed by atoms with van der Waals surface area (Å²) in [7, 11) is 3.35. The van der Waals surface area contributed by atoms with Crippen LogP contribution in [0, 0.1) is 0 Å². The first-order valence-electron chi connectivity index (χ1n) is 5.93. The Balaban J connectivity index is 2.41. The maximum absolute atomic E-state index is 12.4. The molecule has 0 aliphatic carbocycles. The number of amides is 1. The largest absolute Gasteiger partial charge is 0.383 e. The Hall–Kier alpha value is -1.65. The van der Waals surface area contributed by atoms with Gasteiger partial charge in [-0.1, -0.05) is 29.8 Å². The Morgan fingerprint density at radius 1 is 1.42 bits per heavy atom. The summed E-state index contributed by atoms with van der Waals surface area (Å²) in [4.78, 5) is 18.2. The predicted molar refractivity (Wildman–Crippen MR) is 75.6 cm³/mol. The molecule has 0 bridgehead atoms. The number of ether oxygens (including phenoxy) is 1. The minimum atomic E-state index is -0.0856. The predicted octanol–water partition coefficient (Wildman–Crippen LogP) is 2.61. The van der Waals surface area contributed by atoms with Gasteiger partial charge in [0, 0.05) is 26.1 Å². The van der Waals surface area contributed by atoms with Gasteiger partial charge in [-0.15, -0.1) is 0 Å². The molecule has 19 heavy (non-hydrogen) atoms. The van der Waals surface area contributed by atoms with Gasteiger partial charge in [-0.25, -0.2) is 4.98 Å². The first kappa shape index (κ1) is 13.8. The number of halogens is 1. The molecule has 0 fully saturated rings. The average Bonchev–Trinajstić information content (AvgIpc) is 2.42. The maximum atomic E-state index is 12.4. The third-order valence-corrected chi connectivity index (χ3v) is 3.09. The maximum Gasteiger partial charge on any atom is 0.254 e. The van der Waals surface area contributed by atoms with E-state index in [1.165, 1.54) is 0 Å². The number of fused-ring (bicyclic) bond motifs is 1. The SMILES string of the molecule is COCCN(C)C(=O)c1cc(Cl)nc2ccccc12. The molecule has 0 atom stereocenters. The molecular weight excluding hydrogens is 264 g/mol. The van der Waals surface area contributed by atoms with E-state index >= 15 is 0 Å². The number of carbonyl (C=O) groups excluding carboxylic acids is 1. The molecule has 1 aromatic carbocycles. The Morgan fingerprint density at radius 2 is 2.16 bits per heavy atom. The molecule has 100 valence electrons. The summed E-state index contributed by atoms with van der Waals surface area (Å²) >= 11 is 5.97. The lowest BCUT2D eigenvalue weighted by Crippen LogP contribution is -2.30.